The standard InChI is InChI=1S/C12H24N2O4S/c1-3-4-8-14(2)19(17,18)13-10-12(6-5-7-12)9-11(15)16/h13H,3-10H2,1-2H3,(H,15,16). The van der Waals surface area contributed by atoms with Gasteiger partial charge in [0.2, 0.25) is 0 Å². The van der Waals surface area contributed by atoms with Gasteiger partial charge in [-0.05, 0) is 24.7 Å². The van der Waals surface area contributed by atoms with Crippen molar-refractivity contribution in [3.05, 3.63) is 0 Å². The van der Waals surface area contributed by atoms with Crippen LogP contribution in [-0.2, 0) is 15.0 Å². The van der Waals surface area contributed by atoms with E-state index < -0.39 is 16.2 Å². The van der Waals surface area contributed by atoms with Gasteiger partial charge in [0, 0.05) is 20.1 Å². The summed E-state index contributed by atoms with van der Waals surface area (Å²) in [6.07, 6.45) is 4.32. The fourth-order valence-corrected chi connectivity index (χ4v) is 3.35. The molecule has 0 bridgehead atoms. The van der Waals surface area contributed by atoms with Crippen LogP contribution in [-0.4, -0.2) is 43.9 Å². The van der Waals surface area contributed by atoms with Gasteiger partial charge in [0.05, 0.1) is 6.42 Å². The quantitative estimate of drug-likeness (QED) is 0.668. The second-order valence-corrected chi connectivity index (χ2v) is 7.29. The molecule has 0 amide bonds. The van der Waals surface area contributed by atoms with Gasteiger partial charge in [-0.25, -0.2) is 4.72 Å². The molecule has 0 heterocycles. The molecule has 2 N–H and O–H groups in total. The lowest BCUT2D eigenvalue weighted by molar-refractivity contribution is -0.141. The molecule has 1 saturated carbocycles. The fourth-order valence-electron chi connectivity index (χ4n) is 2.27. The van der Waals surface area contributed by atoms with Crippen molar-refractivity contribution in [2.24, 2.45) is 5.41 Å². The van der Waals surface area contributed by atoms with E-state index in [0.717, 1.165) is 32.1 Å². The van der Waals surface area contributed by atoms with Crippen molar-refractivity contribution >= 4 is 16.2 Å². The summed E-state index contributed by atoms with van der Waals surface area (Å²) >= 11 is 0. The highest BCUT2D eigenvalue weighted by Crippen LogP contribution is 2.43. The summed E-state index contributed by atoms with van der Waals surface area (Å²) in [6.45, 7) is 2.71. The normalized spacial score (nSPS) is 18.3. The monoisotopic (exact) mass is 292 g/mol. The van der Waals surface area contributed by atoms with Crippen molar-refractivity contribution in [3.8, 4) is 0 Å². The summed E-state index contributed by atoms with van der Waals surface area (Å²) in [5.41, 5.74) is -0.384. The number of hydrogen-bond acceptors (Lipinski definition) is 3. The Balaban J connectivity index is 2.51. The number of carboxylic acids is 1. The van der Waals surface area contributed by atoms with Crippen LogP contribution in [0, 0.1) is 5.41 Å². The molecule has 0 spiro atoms. The number of hydrogen-bond donors (Lipinski definition) is 2. The first-order valence-corrected chi connectivity index (χ1v) is 8.18. The molecule has 0 saturated heterocycles. The SMILES string of the molecule is CCCCN(C)S(=O)(=O)NCC1(CC(=O)O)CCC1. The number of nitrogens with one attached hydrogen (secondary N) is 1. The summed E-state index contributed by atoms with van der Waals surface area (Å²) in [7, 11) is -1.94. The Morgan fingerprint density at radius 2 is 2.05 bits per heavy atom. The molecule has 0 aliphatic heterocycles. The van der Waals surface area contributed by atoms with Gasteiger partial charge in [-0.15, -0.1) is 0 Å². The molecule has 7 heteroatoms. The van der Waals surface area contributed by atoms with Gasteiger partial charge >= 0.3 is 5.97 Å². The van der Waals surface area contributed by atoms with Crippen LogP contribution in [0.25, 0.3) is 0 Å². The second-order valence-electron chi connectivity index (χ2n) is 5.43. The Bertz CT molecular complexity index is 404. The maximum absolute atomic E-state index is 12.0. The average Bonchev–Trinajstić information content (AvgIpc) is 2.28. The maximum Gasteiger partial charge on any atom is 0.303 e. The highest BCUT2D eigenvalue weighted by Gasteiger charge is 2.40. The van der Waals surface area contributed by atoms with E-state index in [9.17, 15) is 13.2 Å². The molecule has 0 radical (unpaired) electrons. The van der Waals surface area contributed by atoms with Gasteiger partial charge in [-0.2, -0.15) is 12.7 Å². The van der Waals surface area contributed by atoms with Crippen LogP contribution in [0.1, 0.15) is 45.4 Å². The Hall–Kier alpha value is -0.660. The number of carboxylic acid groups (broad SMARTS) is 1. The van der Waals surface area contributed by atoms with Crippen LogP contribution in [0.15, 0.2) is 0 Å². The second kappa shape index (κ2) is 6.67. The van der Waals surface area contributed by atoms with E-state index in [1.165, 1.54) is 4.31 Å². The van der Waals surface area contributed by atoms with Crippen molar-refractivity contribution in [3.63, 3.8) is 0 Å². The molecule has 0 aromatic rings. The van der Waals surface area contributed by atoms with Crippen LogP contribution in [0.4, 0.5) is 0 Å². The minimum atomic E-state index is -3.49. The van der Waals surface area contributed by atoms with Crippen molar-refractivity contribution in [2.75, 3.05) is 20.1 Å². The highest BCUT2D eigenvalue weighted by molar-refractivity contribution is 7.87. The van der Waals surface area contributed by atoms with Gasteiger partial charge in [0.1, 0.15) is 0 Å². The van der Waals surface area contributed by atoms with Gasteiger partial charge in [-0.1, -0.05) is 19.8 Å². The highest BCUT2D eigenvalue weighted by atomic mass is 32.2. The summed E-state index contributed by atoms with van der Waals surface area (Å²) in [4.78, 5) is 10.8. The molecule has 1 aliphatic carbocycles. The molecule has 19 heavy (non-hydrogen) atoms. The average molecular weight is 292 g/mol. The lowest BCUT2D eigenvalue weighted by Crippen LogP contribution is -2.47. The Kier molecular flexibility index (Phi) is 5.76. The van der Waals surface area contributed by atoms with Crippen LogP contribution in [0.5, 0.6) is 0 Å². The van der Waals surface area contributed by atoms with Gasteiger partial charge in [0.25, 0.3) is 10.2 Å². The number of aliphatic carboxylic acids is 1. The number of rotatable bonds is 9. The molecular formula is C12H24N2O4S. The smallest absolute Gasteiger partial charge is 0.303 e. The van der Waals surface area contributed by atoms with E-state index in [2.05, 4.69) is 4.72 Å². The predicted octanol–water partition coefficient (Wildman–Crippen LogP) is 1.20. The van der Waals surface area contributed by atoms with Gasteiger partial charge in [0.15, 0.2) is 0 Å². The maximum atomic E-state index is 12.0. The molecule has 0 aromatic carbocycles. The van der Waals surface area contributed by atoms with Crippen LogP contribution < -0.4 is 4.72 Å². The molecule has 112 valence electrons. The van der Waals surface area contributed by atoms with Crippen molar-refractivity contribution in [2.45, 2.75) is 45.4 Å². The zero-order chi connectivity index (χ0) is 14.5. The van der Waals surface area contributed by atoms with Crippen molar-refractivity contribution in [1.29, 1.82) is 0 Å². The van der Waals surface area contributed by atoms with Gasteiger partial charge < -0.3 is 5.11 Å². The van der Waals surface area contributed by atoms with Gasteiger partial charge in [-0.3, -0.25) is 4.79 Å². The third-order valence-corrected chi connectivity index (χ3v) is 5.32. The van der Waals surface area contributed by atoms with E-state index in [0.29, 0.717) is 6.54 Å². The molecule has 1 fully saturated rings. The molecule has 0 unspecified atom stereocenters. The minimum absolute atomic E-state index is 0.0359. The number of nitrogens with zero attached hydrogens (tertiary/aromatic N) is 1. The third-order valence-electron chi connectivity index (χ3n) is 3.81. The molecular weight excluding hydrogens is 268 g/mol. The van der Waals surface area contributed by atoms with Crippen molar-refractivity contribution in [1.82, 2.24) is 9.03 Å². The molecule has 0 aromatic heterocycles. The summed E-state index contributed by atoms with van der Waals surface area (Å²) < 4.78 is 27.8. The largest absolute Gasteiger partial charge is 0.481 e. The zero-order valence-electron chi connectivity index (χ0n) is 11.7. The molecule has 1 aliphatic rings. The summed E-state index contributed by atoms with van der Waals surface area (Å²) in [5.74, 6) is -0.863. The molecule has 6 nitrogen and oxygen atoms in total. The van der Waals surface area contributed by atoms with E-state index in [-0.39, 0.29) is 18.4 Å². The topological polar surface area (TPSA) is 86.7 Å². The lowest BCUT2D eigenvalue weighted by atomic mass is 9.67. The number of carbonyl (C=O) groups is 1. The van der Waals surface area contributed by atoms with E-state index in [4.69, 9.17) is 5.11 Å². The van der Waals surface area contributed by atoms with Crippen molar-refractivity contribution < 1.29 is 18.3 Å². The van der Waals surface area contributed by atoms with E-state index >= 15 is 0 Å². The van der Waals surface area contributed by atoms with Crippen LogP contribution in [0.3, 0.4) is 0 Å². The van der Waals surface area contributed by atoms with E-state index in [1.807, 2.05) is 6.92 Å². The third kappa shape index (κ3) is 4.74. The Morgan fingerprint density at radius 3 is 2.47 bits per heavy atom. The van der Waals surface area contributed by atoms with Crippen LogP contribution >= 0.6 is 0 Å². The first-order valence-electron chi connectivity index (χ1n) is 6.74. The zero-order valence-corrected chi connectivity index (χ0v) is 12.5. The first kappa shape index (κ1) is 16.4. The summed E-state index contributed by atoms with van der Waals surface area (Å²) in [5, 5.41) is 8.88. The van der Waals surface area contributed by atoms with Crippen LogP contribution in [0.2, 0.25) is 0 Å². The first-order chi connectivity index (χ1) is 8.81. The minimum Gasteiger partial charge on any atom is -0.481 e. The number of unbranched alkanes of at least 4 members (excludes halogenated alkanes) is 1. The molecule has 1 rings (SSSR count). The summed E-state index contributed by atoms with van der Waals surface area (Å²) in [6, 6.07) is 0. The molecule has 0 atom stereocenters. The van der Waals surface area contributed by atoms with E-state index in [1.54, 1.807) is 7.05 Å². The lowest BCUT2D eigenvalue weighted by Gasteiger charge is -2.41. The fraction of sp³-hybridized carbons (Fsp3) is 0.917. The Morgan fingerprint density at radius 1 is 1.42 bits per heavy atom. The predicted molar refractivity (Wildman–Crippen MR) is 73.0 cm³/mol. The Labute approximate surface area is 115 Å².